The number of rotatable bonds is 4. The summed E-state index contributed by atoms with van der Waals surface area (Å²) in [5, 5.41) is 0. The number of benzene rings is 1. The molecule has 2 amide bonds. The Bertz CT molecular complexity index is 596. The van der Waals surface area contributed by atoms with Crippen LogP contribution in [0.25, 0.3) is 0 Å². The van der Waals surface area contributed by atoms with Crippen molar-refractivity contribution in [2.45, 2.75) is 18.9 Å². The number of hydrogen-bond donors (Lipinski definition) is 0. The van der Waals surface area contributed by atoms with Gasteiger partial charge in [0.25, 0.3) is 11.8 Å². The van der Waals surface area contributed by atoms with Crippen LogP contribution >= 0.6 is 0 Å². The third-order valence-electron chi connectivity index (χ3n) is 4.34. The predicted molar refractivity (Wildman–Crippen MR) is 84.0 cm³/mol. The average molecular weight is 336 g/mol. The summed E-state index contributed by atoms with van der Waals surface area (Å²) in [6.45, 7) is 2.33. The third-order valence-corrected chi connectivity index (χ3v) is 4.34. The number of para-hydroxylation sites is 1. The van der Waals surface area contributed by atoms with Crippen molar-refractivity contribution in [2.75, 3.05) is 39.4 Å². The molecule has 2 heterocycles. The molecular formula is C17H21FN2O4. The van der Waals surface area contributed by atoms with Crippen molar-refractivity contribution < 1.29 is 23.5 Å². The van der Waals surface area contributed by atoms with E-state index in [0.717, 1.165) is 12.8 Å². The normalized spacial score (nSPS) is 21.0. The molecule has 7 heteroatoms. The molecule has 3 rings (SSSR count). The van der Waals surface area contributed by atoms with Gasteiger partial charge >= 0.3 is 0 Å². The Kier molecular flexibility index (Phi) is 5.30. The van der Waals surface area contributed by atoms with E-state index in [1.807, 2.05) is 0 Å². The zero-order valence-corrected chi connectivity index (χ0v) is 13.4. The van der Waals surface area contributed by atoms with Crippen LogP contribution in [-0.4, -0.2) is 67.1 Å². The Morgan fingerprint density at radius 3 is 2.54 bits per heavy atom. The molecule has 0 bridgehead atoms. The molecule has 1 unspecified atom stereocenters. The summed E-state index contributed by atoms with van der Waals surface area (Å²) in [4.78, 5) is 27.8. The number of nitrogens with zero attached hydrogens (tertiary/aromatic N) is 2. The van der Waals surface area contributed by atoms with Gasteiger partial charge in [-0.3, -0.25) is 9.59 Å². The first-order valence-electron chi connectivity index (χ1n) is 8.20. The second-order valence-corrected chi connectivity index (χ2v) is 5.93. The number of amides is 2. The highest BCUT2D eigenvalue weighted by Gasteiger charge is 2.31. The van der Waals surface area contributed by atoms with E-state index < -0.39 is 5.82 Å². The molecule has 1 aromatic rings. The lowest BCUT2D eigenvalue weighted by Crippen LogP contribution is -2.53. The molecule has 2 aliphatic heterocycles. The molecule has 0 aromatic heterocycles. The van der Waals surface area contributed by atoms with Crippen molar-refractivity contribution in [3.8, 4) is 5.75 Å². The molecular weight excluding hydrogens is 315 g/mol. The maximum absolute atomic E-state index is 13.5. The van der Waals surface area contributed by atoms with E-state index in [-0.39, 0.29) is 30.3 Å². The summed E-state index contributed by atoms with van der Waals surface area (Å²) in [6, 6.07) is 5.99. The first kappa shape index (κ1) is 16.7. The van der Waals surface area contributed by atoms with Crippen LogP contribution in [0.1, 0.15) is 12.8 Å². The van der Waals surface area contributed by atoms with Crippen molar-refractivity contribution in [1.82, 2.24) is 9.80 Å². The summed E-state index contributed by atoms with van der Waals surface area (Å²) in [5.74, 6) is -0.611. The zero-order valence-electron chi connectivity index (χ0n) is 13.4. The molecule has 6 nitrogen and oxygen atoms in total. The second kappa shape index (κ2) is 7.61. The lowest BCUT2D eigenvalue weighted by atomic mass is 10.2. The molecule has 2 aliphatic rings. The van der Waals surface area contributed by atoms with E-state index in [4.69, 9.17) is 9.47 Å². The molecule has 1 atom stereocenters. The van der Waals surface area contributed by atoms with Gasteiger partial charge < -0.3 is 19.3 Å². The zero-order chi connectivity index (χ0) is 16.9. The molecule has 0 radical (unpaired) electrons. The molecule has 2 fully saturated rings. The number of carbonyl (C=O) groups is 2. The van der Waals surface area contributed by atoms with Crippen LogP contribution in [0.3, 0.4) is 0 Å². The van der Waals surface area contributed by atoms with Crippen LogP contribution in [0.2, 0.25) is 0 Å². The highest BCUT2D eigenvalue weighted by atomic mass is 19.1. The molecule has 2 saturated heterocycles. The van der Waals surface area contributed by atoms with Crippen molar-refractivity contribution in [3.05, 3.63) is 30.1 Å². The first-order chi connectivity index (χ1) is 11.6. The SMILES string of the molecule is O=C(COc1ccccc1F)N1CCN(C(=O)C2CCCO2)CC1. The fraction of sp³-hybridized carbons (Fsp3) is 0.529. The van der Waals surface area contributed by atoms with Crippen LogP contribution in [0.5, 0.6) is 5.75 Å². The minimum atomic E-state index is -0.489. The summed E-state index contributed by atoms with van der Waals surface area (Å²) >= 11 is 0. The van der Waals surface area contributed by atoms with Crippen LogP contribution in [-0.2, 0) is 14.3 Å². The number of carbonyl (C=O) groups excluding carboxylic acids is 2. The fourth-order valence-corrected chi connectivity index (χ4v) is 2.94. The fourth-order valence-electron chi connectivity index (χ4n) is 2.94. The van der Waals surface area contributed by atoms with Gasteiger partial charge in [0, 0.05) is 32.8 Å². The van der Waals surface area contributed by atoms with Crippen LogP contribution in [0.4, 0.5) is 4.39 Å². The van der Waals surface area contributed by atoms with Gasteiger partial charge in [-0.1, -0.05) is 12.1 Å². The Hall–Kier alpha value is -2.15. The van der Waals surface area contributed by atoms with Gasteiger partial charge in [0.2, 0.25) is 0 Å². The van der Waals surface area contributed by atoms with Crippen LogP contribution < -0.4 is 4.74 Å². The van der Waals surface area contributed by atoms with Gasteiger partial charge in [-0.05, 0) is 25.0 Å². The van der Waals surface area contributed by atoms with E-state index in [1.165, 1.54) is 12.1 Å². The topological polar surface area (TPSA) is 59.1 Å². The summed E-state index contributed by atoms with van der Waals surface area (Å²) in [6.07, 6.45) is 1.37. The quantitative estimate of drug-likeness (QED) is 0.825. The van der Waals surface area contributed by atoms with Gasteiger partial charge in [0.1, 0.15) is 6.10 Å². The average Bonchev–Trinajstić information content (AvgIpc) is 3.15. The summed E-state index contributed by atoms with van der Waals surface area (Å²) in [5.41, 5.74) is 0. The smallest absolute Gasteiger partial charge is 0.260 e. The van der Waals surface area contributed by atoms with Crippen molar-refractivity contribution in [2.24, 2.45) is 0 Å². The molecule has 0 aliphatic carbocycles. The number of piperazine rings is 1. The Balaban J connectivity index is 1.45. The Labute approximate surface area is 140 Å². The van der Waals surface area contributed by atoms with E-state index in [2.05, 4.69) is 0 Å². The highest BCUT2D eigenvalue weighted by molar-refractivity contribution is 5.82. The van der Waals surface area contributed by atoms with Gasteiger partial charge in [0.05, 0.1) is 0 Å². The molecule has 1 aromatic carbocycles. The van der Waals surface area contributed by atoms with Crippen molar-refractivity contribution >= 4 is 11.8 Å². The monoisotopic (exact) mass is 336 g/mol. The molecule has 130 valence electrons. The van der Waals surface area contributed by atoms with E-state index in [9.17, 15) is 14.0 Å². The predicted octanol–water partition coefficient (Wildman–Crippen LogP) is 1.05. The number of halogens is 1. The minimum Gasteiger partial charge on any atom is -0.481 e. The van der Waals surface area contributed by atoms with Gasteiger partial charge in [-0.15, -0.1) is 0 Å². The molecule has 0 saturated carbocycles. The maximum atomic E-state index is 13.5. The summed E-state index contributed by atoms with van der Waals surface area (Å²) < 4.78 is 24.1. The molecule has 24 heavy (non-hydrogen) atoms. The van der Waals surface area contributed by atoms with E-state index in [0.29, 0.717) is 32.8 Å². The molecule has 0 spiro atoms. The molecule has 0 N–H and O–H groups in total. The van der Waals surface area contributed by atoms with Gasteiger partial charge in [-0.25, -0.2) is 4.39 Å². The highest BCUT2D eigenvalue weighted by Crippen LogP contribution is 2.17. The maximum Gasteiger partial charge on any atom is 0.260 e. The van der Waals surface area contributed by atoms with E-state index in [1.54, 1.807) is 21.9 Å². The summed E-state index contributed by atoms with van der Waals surface area (Å²) in [7, 11) is 0. The minimum absolute atomic E-state index is 0.0159. The lowest BCUT2D eigenvalue weighted by molar-refractivity contribution is -0.146. The first-order valence-corrected chi connectivity index (χ1v) is 8.20. The van der Waals surface area contributed by atoms with E-state index >= 15 is 0 Å². The van der Waals surface area contributed by atoms with Crippen molar-refractivity contribution in [1.29, 1.82) is 0 Å². The number of hydrogen-bond acceptors (Lipinski definition) is 4. The van der Waals surface area contributed by atoms with Gasteiger partial charge in [0.15, 0.2) is 18.2 Å². The Morgan fingerprint density at radius 1 is 1.17 bits per heavy atom. The van der Waals surface area contributed by atoms with Crippen LogP contribution in [0, 0.1) is 5.82 Å². The second-order valence-electron chi connectivity index (χ2n) is 5.93. The third kappa shape index (κ3) is 3.84. The number of ether oxygens (including phenoxy) is 2. The largest absolute Gasteiger partial charge is 0.481 e. The van der Waals surface area contributed by atoms with Gasteiger partial charge in [-0.2, -0.15) is 0 Å². The van der Waals surface area contributed by atoms with Crippen molar-refractivity contribution in [3.63, 3.8) is 0 Å². The lowest BCUT2D eigenvalue weighted by Gasteiger charge is -2.35. The van der Waals surface area contributed by atoms with Crippen LogP contribution in [0.15, 0.2) is 24.3 Å². The Morgan fingerprint density at radius 2 is 1.88 bits per heavy atom. The standard InChI is InChI=1S/C17H21FN2O4/c18-13-4-1-2-5-14(13)24-12-16(21)19-7-9-20(10-8-19)17(22)15-6-3-11-23-15/h1-2,4-5,15H,3,6-12H2.